The fourth-order valence-corrected chi connectivity index (χ4v) is 4.76. The Kier molecular flexibility index (Phi) is 5.13. The lowest BCUT2D eigenvalue weighted by Gasteiger charge is -2.38. The molecule has 4 nitrogen and oxygen atoms in total. The van der Waals surface area contributed by atoms with Crippen molar-refractivity contribution in [2.24, 2.45) is 0 Å². The highest BCUT2D eigenvalue weighted by Crippen LogP contribution is 2.27. The van der Waals surface area contributed by atoms with Crippen LogP contribution in [-0.2, 0) is 10.0 Å². The first-order valence-corrected chi connectivity index (χ1v) is 9.22. The third kappa shape index (κ3) is 3.54. The fourth-order valence-electron chi connectivity index (χ4n) is 2.48. The second kappa shape index (κ2) is 6.32. The van der Waals surface area contributed by atoms with Crippen LogP contribution in [0.15, 0.2) is 27.6 Å². The summed E-state index contributed by atoms with van der Waals surface area (Å²) in [6.45, 7) is 4.06. The van der Waals surface area contributed by atoms with E-state index in [0.29, 0.717) is 0 Å². The Morgan fingerprint density at radius 1 is 1.30 bits per heavy atom. The molecule has 1 heterocycles. The summed E-state index contributed by atoms with van der Waals surface area (Å²) in [5.41, 5.74) is 0. The maximum absolute atomic E-state index is 12.5. The van der Waals surface area contributed by atoms with Gasteiger partial charge in [0.25, 0.3) is 10.0 Å². The number of halogens is 2. The highest BCUT2D eigenvalue weighted by molar-refractivity contribution is 9.10. The van der Waals surface area contributed by atoms with Crippen molar-refractivity contribution in [3.63, 3.8) is 0 Å². The van der Waals surface area contributed by atoms with Gasteiger partial charge in [-0.1, -0.05) is 34.0 Å². The van der Waals surface area contributed by atoms with E-state index in [4.69, 9.17) is 11.6 Å². The van der Waals surface area contributed by atoms with Crippen molar-refractivity contribution < 1.29 is 8.42 Å². The number of hydrogen-bond donors (Lipinski definition) is 1. The topological polar surface area (TPSA) is 49.4 Å². The van der Waals surface area contributed by atoms with E-state index < -0.39 is 10.0 Å². The largest absolute Gasteiger partial charge is 0.254 e. The maximum atomic E-state index is 12.5. The third-order valence-corrected chi connectivity index (χ3v) is 5.91. The summed E-state index contributed by atoms with van der Waals surface area (Å²) in [5, 5.41) is 2.03. The number of nitrogens with zero attached hydrogens (tertiary/aromatic N) is 1. The summed E-state index contributed by atoms with van der Waals surface area (Å²) in [5.74, 6) is 0. The smallest absolute Gasteiger partial charge is 0.225 e. The van der Waals surface area contributed by atoms with Crippen LogP contribution >= 0.6 is 27.5 Å². The molecule has 1 aromatic carbocycles. The van der Waals surface area contributed by atoms with Gasteiger partial charge in [-0.3, -0.25) is 0 Å². The highest BCUT2D eigenvalue weighted by Gasteiger charge is 2.30. The Hall–Kier alpha value is -0.140. The molecule has 1 saturated heterocycles. The molecule has 0 spiro atoms. The van der Waals surface area contributed by atoms with Gasteiger partial charge in [-0.2, -0.15) is 0 Å². The number of sulfonamides is 1. The Labute approximate surface area is 133 Å². The molecule has 0 aromatic heterocycles. The summed E-state index contributed by atoms with van der Waals surface area (Å²) in [7, 11) is -3.65. The Morgan fingerprint density at radius 2 is 1.90 bits per heavy atom. The molecule has 20 heavy (non-hydrogen) atoms. The number of hydrazine groups is 1. The fraction of sp³-hybridized carbons (Fsp3) is 0.538. The van der Waals surface area contributed by atoms with E-state index >= 15 is 0 Å². The van der Waals surface area contributed by atoms with Gasteiger partial charge in [0.2, 0.25) is 0 Å². The summed E-state index contributed by atoms with van der Waals surface area (Å²) < 4.78 is 25.7. The van der Waals surface area contributed by atoms with Crippen LogP contribution in [-0.4, -0.2) is 25.5 Å². The SMILES string of the molecule is CC1CCCC(C)N1NS(=O)(=O)c1ccc(Br)cc1Cl. The van der Waals surface area contributed by atoms with Crippen molar-refractivity contribution >= 4 is 37.6 Å². The molecule has 1 aliphatic rings. The van der Waals surface area contributed by atoms with Crippen molar-refractivity contribution in [3.8, 4) is 0 Å². The Balaban J connectivity index is 2.26. The summed E-state index contributed by atoms with van der Waals surface area (Å²) in [6, 6.07) is 5.13. The van der Waals surface area contributed by atoms with Gasteiger partial charge in [-0.05, 0) is 44.9 Å². The molecule has 2 atom stereocenters. The average Bonchev–Trinajstić information content (AvgIpc) is 2.33. The zero-order valence-corrected chi connectivity index (χ0v) is 14.6. The molecule has 0 aliphatic carbocycles. The standard InChI is InChI=1S/C13H18BrClN2O2S/c1-9-4-3-5-10(2)17(9)16-20(18,19)13-7-6-11(14)8-12(13)15/h6-10,16H,3-5H2,1-2H3. The molecule has 2 unspecified atom stereocenters. The molecule has 2 rings (SSSR count). The molecule has 0 bridgehead atoms. The van der Waals surface area contributed by atoms with Crippen molar-refractivity contribution in [1.29, 1.82) is 0 Å². The number of hydrogen-bond acceptors (Lipinski definition) is 3. The molecule has 0 amide bonds. The van der Waals surface area contributed by atoms with Gasteiger partial charge in [-0.15, -0.1) is 4.83 Å². The summed E-state index contributed by atoms with van der Waals surface area (Å²) in [6.07, 6.45) is 3.10. The molecule has 1 aromatic rings. The van der Waals surface area contributed by atoms with Gasteiger partial charge in [0.15, 0.2) is 0 Å². The average molecular weight is 382 g/mol. The second-order valence-electron chi connectivity index (χ2n) is 5.21. The quantitative estimate of drug-likeness (QED) is 0.871. The minimum absolute atomic E-state index is 0.104. The first-order valence-electron chi connectivity index (χ1n) is 6.57. The van der Waals surface area contributed by atoms with Crippen LogP contribution in [0.2, 0.25) is 5.02 Å². The van der Waals surface area contributed by atoms with E-state index in [1.807, 2.05) is 18.9 Å². The molecule has 0 saturated carbocycles. The van der Waals surface area contributed by atoms with E-state index in [9.17, 15) is 8.42 Å². The normalized spacial score (nSPS) is 24.8. The Morgan fingerprint density at radius 3 is 2.45 bits per heavy atom. The van der Waals surface area contributed by atoms with Crippen molar-refractivity contribution in [2.45, 2.75) is 50.1 Å². The van der Waals surface area contributed by atoms with E-state index in [1.54, 1.807) is 12.1 Å². The second-order valence-corrected chi connectivity index (χ2v) is 8.16. The third-order valence-electron chi connectivity index (χ3n) is 3.60. The predicted molar refractivity (Wildman–Crippen MR) is 84.1 cm³/mol. The number of benzene rings is 1. The molecule has 1 N–H and O–H groups in total. The van der Waals surface area contributed by atoms with E-state index in [0.717, 1.165) is 23.7 Å². The van der Waals surface area contributed by atoms with Crippen molar-refractivity contribution in [2.75, 3.05) is 0 Å². The molecular formula is C13H18BrClN2O2S. The molecule has 0 radical (unpaired) electrons. The van der Waals surface area contributed by atoms with Gasteiger partial charge in [-0.25, -0.2) is 13.4 Å². The lowest BCUT2D eigenvalue weighted by molar-refractivity contribution is 0.0790. The monoisotopic (exact) mass is 380 g/mol. The lowest BCUT2D eigenvalue weighted by Crippen LogP contribution is -2.53. The summed E-state index contributed by atoms with van der Waals surface area (Å²) in [4.78, 5) is 2.78. The van der Waals surface area contributed by atoms with Gasteiger partial charge in [0.1, 0.15) is 4.90 Å². The molecule has 112 valence electrons. The van der Waals surface area contributed by atoms with Crippen molar-refractivity contribution in [3.05, 3.63) is 27.7 Å². The van der Waals surface area contributed by atoms with E-state index in [2.05, 4.69) is 20.8 Å². The highest BCUT2D eigenvalue weighted by atomic mass is 79.9. The van der Waals surface area contributed by atoms with Gasteiger partial charge in [0, 0.05) is 16.6 Å². The first-order chi connectivity index (χ1) is 9.31. The summed E-state index contributed by atoms with van der Waals surface area (Å²) >= 11 is 9.31. The van der Waals surface area contributed by atoms with Gasteiger partial charge in [0.05, 0.1) is 5.02 Å². The lowest BCUT2D eigenvalue weighted by atomic mass is 10.0. The first kappa shape index (κ1) is 16.2. The van der Waals surface area contributed by atoms with Crippen LogP contribution < -0.4 is 4.83 Å². The molecule has 1 aliphatic heterocycles. The number of piperidine rings is 1. The molecular weight excluding hydrogens is 364 g/mol. The van der Waals surface area contributed by atoms with E-state index in [-0.39, 0.29) is 22.0 Å². The molecule has 1 fully saturated rings. The predicted octanol–water partition coefficient (Wildman–Crippen LogP) is 3.56. The van der Waals surface area contributed by atoms with Crippen LogP contribution in [0.4, 0.5) is 0 Å². The minimum atomic E-state index is -3.65. The molecule has 7 heteroatoms. The van der Waals surface area contributed by atoms with Crippen LogP contribution in [0.25, 0.3) is 0 Å². The zero-order chi connectivity index (χ0) is 14.9. The van der Waals surface area contributed by atoms with E-state index in [1.165, 1.54) is 6.07 Å². The van der Waals surface area contributed by atoms with Crippen molar-refractivity contribution in [1.82, 2.24) is 9.84 Å². The maximum Gasteiger partial charge on any atom is 0.254 e. The van der Waals surface area contributed by atoms with Gasteiger partial charge >= 0.3 is 0 Å². The Bertz CT molecular complexity index is 584. The minimum Gasteiger partial charge on any atom is -0.225 e. The van der Waals surface area contributed by atoms with Gasteiger partial charge < -0.3 is 0 Å². The van der Waals surface area contributed by atoms with Crippen LogP contribution in [0.1, 0.15) is 33.1 Å². The van der Waals surface area contributed by atoms with Crippen LogP contribution in [0, 0.1) is 0 Å². The number of rotatable bonds is 3. The van der Waals surface area contributed by atoms with Crippen LogP contribution in [0.3, 0.4) is 0 Å². The zero-order valence-electron chi connectivity index (χ0n) is 11.4. The number of nitrogens with one attached hydrogen (secondary N) is 1. The van der Waals surface area contributed by atoms with Crippen LogP contribution in [0.5, 0.6) is 0 Å².